The number of methoxy groups -OCH3 is 2. The lowest BCUT2D eigenvalue weighted by Gasteiger charge is -2.24. The van der Waals surface area contributed by atoms with Crippen molar-refractivity contribution in [2.75, 3.05) is 20.8 Å². The first-order chi connectivity index (χ1) is 9.28. The Morgan fingerprint density at radius 1 is 1.26 bits per heavy atom. The highest BCUT2D eigenvalue weighted by atomic mass is 16.5. The number of nitrogens with two attached hydrogens (primary N) is 1. The summed E-state index contributed by atoms with van der Waals surface area (Å²) in [6, 6.07) is 6.43. The van der Waals surface area contributed by atoms with Crippen molar-refractivity contribution in [3.63, 3.8) is 0 Å². The van der Waals surface area contributed by atoms with Crippen LogP contribution in [0.1, 0.15) is 24.4 Å². The average Bonchev–Trinajstić information content (AvgIpc) is 2.97. The molecule has 1 aromatic carbocycles. The van der Waals surface area contributed by atoms with Crippen molar-refractivity contribution in [2.45, 2.75) is 24.9 Å². The third-order valence-electron chi connectivity index (χ3n) is 3.50. The molecule has 0 radical (unpaired) electrons. The van der Waals surface area contributed by atoms with Crippen molar-refractivity contribution in [3.05, 3.63) is 35.9 Å². The maximum atomic E-state index is 5.91. The maximum Gasteiger partial charge on any atom is 0.127 e. The van der Waals surface area contributed by atoms with Gasteiger partial charge < -0.3 is 20.5 Å². The summed E-state index contributed by atoms with van der Waals surface area (Å²) in [6.45, 7) is 0.541. The monoisotopic (exact) mass is 262 g/mol. The van der Waals surface area contributed by atoms with Gasteiger partial charge in [0.15, 0.2) is 0 Å². The number of hydrogen-bond donors (Lipinski definition) is 2. The molecule has 1 unspecified atom stereocenters. The molecular formula is C15H22N2O2. The summed E-state index contributed by atoms with van der Waals surface area (Å²) in [5.41, 5.74) is 6.99. The Bertz CT molecular complexity index is 438. The fourth-order valence-corrected chi connectivity index (χ4v) is 2.43. The van der Waals surface area contributed by atoms with Gasteiger partial charge in [0, 0.05) is 30.3 Å². The zero-order valence-electron chi connectivity index (χ0n) is 11.6. The molecule has 19 heavy (non-hydrogen) atoms. The second-order valence-corrected chi connectivity index (χ2v) is 4.70. The molecule has 3 N–H and O–H groups in total. The molecule has 1 aliphatic rings. The fraction of sp³-hybridized carbons (Fsp3) is 0.467. The predicted octanol–water partition coefficient (Wildman–Crippen LogP) is 2.01. The van der Waals surface area contributed by atoms with Crippen LogP contribution in [-0.4, -0.2) is 26.8 Å². The van der Waals surface area contributed by atoms with Crippen LogP contribution >= 0.6 is 0 Å². The van der Waals surface area contributed by atoms with Gasteiger partial charge in [-0.2, -0.15) is 0 Å². The SMILES string of the molecule is COc1ccc(C(CN)NC2CC=CC2)c(OC)c1. The molecule has 1 atom stereocenters. The molecule has 0 amide bonds. The molecule has 0 saturated carbocycles. The van der Waals surface area contributed by atoms with E-state index in [1.165, 1.54) is 0 Å². The summed E-state index contributed by atoms with van der Waals surface area (Å²) in [6.07, 6.45) is 6.54. The molecule has 2 rings (SSSR count). The lowest BCUT2D eigenvalue weighted by Crippen LogP contribution is -2.35. The number of benzene rings is 1. The molecule has 4 heteroatoms. The Morgan fingerprint density at radius 2 is 2.00 bits per heavy atom. The molecular weight excluding hydrogens is 240 g/mol. The van der Waals surface area contributed by atoms with Gasteiger partial charge in [-0.25, -0.2) is 0 Å². The van der Waals surface area contributed by atoms with Gasteiger partial charge in [-0.3, -0.25) is 0 Å². The fourth-order valence-electron chi connectivity index (χ4n) is 2.43. The van der Waals surface area contributed by atoms with Crippen LogP contribution in [-0.2, 0) is 0 Å². The van der Waals surface area contributed by atoms with Crippen molar-refractivity contribution < 1.29 is 9.47 Å². The first-order valence-electron chi connectivity index (χ1n) is 6.61. The first kappa shape index (κ1) is 13.9. The molecule has 0 spiro atoms. The highest BCUT2D eigenvalue weighted by Crippen LogP contribution is 2.30. The topological polar surface area (TPSA) is 56.5 Å². The summed E-state index contributed by atoms with van der Waals surface area (Å²) >= 11 is 0. The summed E-state index contributed by atoms with van der Waals surface area (Å²) in [4.78, 5) is 0. The van der Waals surface area contributed by atoms with Crippen molar-refractivity contribution in [2.24, 2.45) is 5.73 Å². The second kappa shape index (κ2) is 6.59. The van der Waals surface area contributed by atoms with Crippen LogP contribution in [0.15, 0.2) is 30.4 Å². The molecule has 1 aliphatic carbocycles. The Morgan fingerprint density at radius 3 is 2.58 bits per heavy atom. The van der Waals surface area contributed by atoms with E-state index in [-0.39, 0.29) is 6.04 Å². The van der Waals surface area contributed by atoms with E-state index in [0.717, 1.165) is 29.9 Å². The number of rotatable bonds is 6. The van der Waals surface area contributed by atoms with Gasteiger partial charge in [0.1, 0.15) is 11.5 Å². The van der Waals surface area contributed by atoms with Crippen LogP contribution in [0.4, 0.5) is 0 Å². The van der Waals surface area contributed by atoms with Crippen LogP contribution in [0.5, 0.6) is 11.5 Å². The molecule has 0 aromatic heterocycles. The highest BCUT2D eigenvalue weighted by molar-refractivity contribution is 5.42. The van der Waals surface area contributed by atoms with Gasteiger partial charge in [-0.15, -0.1) is 0 Å². The lowest BCUT2D eigenvalue weighted by molar-refractivity contribution is 0.378. The summed E-state index contributed by atoms with van der Waals surface area (Å²) in [5, 5.41) is 3.59. The minimum absolute atomic E-state index is 0.103. The van der Waals surface area contributed by atoms with Gasteiger partial charge in [0.2, 0.25) is 0 Å². The van der Waals surface area contributed by atoms with E-state index in [0.29, 0.717) is 12.6 Å². The predicted molar refractivity (Wildman–Crippen MR) is 76.6 cm³/mol. The molecule has 4 nitrogen and oxygen atoms in total. The van der Waals surface area contributed by atoms with Gasteiger partial charge in [0.25, 0.3) is 0 Å². The highest BCUT2D eigenvalue weighted by Gasteiger charge is 2.19. The van der Waals surface area contributed by atoms with Crippen LogP contribution in [0.3, 0.4) is 0 Å². The van der Waals surface area contributed by atoms with E-state index in [1.54, 1.807) is 14.2 Å². The van der Waals surface area contributed by atoms with E-state index < -0.39 is 0 Å². The molecule has 0 heterocycles. The van der Waals surface area contributed by atoms with Crippen LogP contribution < -0.4 is 20.5 Å². The first-order valence-corrected chi connectivity index (χ1v) is 6.61. The quantitative estimate of drug-likeness (QED) is 0.770. The Hall–Kier alpha value is -1.52. The average molecular weight is 262 g/mol. The minimum Gasteiger partial charge on any atom is -0.497 e. The van der Waals surface area contributed by atoms with Crippen LogP contribution in [0, 0.1) is 0 Å². The number of hydrogen-bond acceptors (Lipinski definition) is 4. The standard InChI is InChI=1S/C15H22N2O2/c1-18-12-7-8-13(15(9-12)19-2)14(10-16)17-11-5-3-4-6-11/h3-4,7-9,11,14,17H,5-6,10,16H2,1-2H3. The van der Waals surface area contributed by atoms with Crippen LogP contribution in [0.25, 0.3) is 0 Å². The maximum absolute atomic E-state index is 5.91. The molecule has 0 fully saturated rings. The van der Waals surface area contributed by atoms with E-state index >= 15 is 0 Å². The lowest BCUT2D eigenvalue weighted by atomic mass is 10.0. The van der Waals surface area contributed by atoms with E-state index in [2.05, 4.69) is 17.5 Å². The molecule has 0 bridgehead atoms. The number of ether oxygens (including phenoxy) is 2. The summed E-state index contributed by atoms with van der Waals surface area (Å²) in [5.74, 6) is 1.60. The third kappa shape index (κ3) is 3.28. The molecule has 0 aliphatic heterocycles. The normalized spacial score (nSPS) is 16.6. The Labute approximate surface area is 114 Å². The smallest absolute Gasteiger partial charge is 0.127 e. The third-order valence-corrected chi connectivity index (χ3v) is 3.50. The van der Waals surface area contributed by atoms with Gasteiger partial charge >= 0.3 is 0 Å². The molecule has 1 aromatic rings. The molecule has 104 valence electrons. The van der Waals surface area contributed by atoms with Gasteiger partial charge in [-0.1, -0.05) is 18.2 Å². The van der Waals surface area contributed by atoms with E-state index in [4.69, 9.17) is 15.2 Å². The Balaban J connectivity index is 2.16. The van der Waals surface area contributed by atoms with Crippen molar-refractivity contribution in [1.29, 1.82) is 0 Å². The zero-order chi connectivity index (χ0) is 13.7. The van der Waals surface area contributed by atoms with Crippen LogP contribution in [0.2, 0.25) is 0 Å². The van der Waals surface area contributed by atoms with Gasteiger partial charge in [0.05, 0.1) is 14.2 Å². The minimum atomic E-state index is 0.103. The summed E-state index contributed by atoms with van der Waals surface area (Å²) in [7, 11) is 3.32. The molecule has 0 saturated heterocycles. The van der Waals surface area contributed by atoms with E-state index in [1.807, 2.05) is 18.2 Å². The summed E-state index contributed by atoms with van der Waals surface area (Å²) < 4.78 is 10.7. The Kier molecular flexibility index (Phi) is 4.82. The van der Waals surface area contributed by atoms with E-state index in [9.17, 15) is 0 Å². The largest absolute Gasteiger partial charge is 0.497 e. The zero-order valence-corrected chi connectivity index (χ0v) is 11.6. The second-order valence-electron chi connectivity index (χ2n) is 4.70. The van der Waals surface area contributed by atoms with Crippen molar-refractivity contribution >= 4 is 0 Å². The number of nitrogens with one attached hydrogen (secondary N) is 1. The van der Waals surface area contributed by atoms with Crippen molar-refractivity contribution in [1.82, 2.24) is 5.32 Å². The van der Waals surface area contributed by atoms with Crippen molar-refractivity contribution in [3.8, 4) is 11.5 Å². The van der Waals surface area contributed by atoms with Gasteiger partial charge in [-0.05, 0) is 18.9 Å².